The summed E-state index contributed by atoms with van der Waals surface area (Å²) in [5.41, 5.74) is 5.51. The van der Waals surface area contributed by atoms with Crippen molar-refractivity contribution < 1.29 is 8.42 Å². The van der Waals surface area contributed by atoms with E-state index in [1.54, 1.807) is 4.68 Å². The first-order valence-electron chi connectivity index (χ1n) is 6.67. The van der Waals surface area contributed by atoms with Crippen LogP contribution in [0.4, 0.5) is 0 Å². The molecule has 0 saturated heterocycles. The van der Waals surface area contributed by atoms with E-state index in [1.165, 1.54) is 25.2 Å². The summed E-state index contributed by atoms with van der Waals surface area (Å²) in [6, 6.07) is 0. The van der Waals surface area contributed by atoms with Gasteiger partial charge in [-0.2, -0.15) is 5.10 Å². The van der Waals surface area contributed by atoms with E-state index < -0.39 is 10.0 Å². The van der Waals surface area contributed by atoms with Crippen molar-refractivity contribution in [1.29, 1.82) is 0 Å². The molecule has 1 saturated carbocycles. The lowest BCUT2D eigenvalue weighted by Gasteiger charge is -2.23. The average Bonchev–Trinajstić information content (AvgIpc) is 2.98. The van der Waals surface area contributed by atoms with Crippen LogP contribution in [-0.4, -0.2) is 31.3 Å². The minimum absolute atomic E-state index is 0.0975. The van der Waals surface area contributed by atoms with Gasteiger partial charge in [-0.05, 0) is 18.3 Å². The van der Waals surface area contributed by atoms with Gasteiger partial charge in [0, 0.05) is 19.3 Å². The summed E-state index contributed by atoms with van der Waals surface area (Å²) in [6.45, 7) is 3.59. The Labute approximate surface area is 114 Å². The summed E-state index contributed by atoms with van der Waals surface area (Å²) >= 11 is 0. The molecule has 0 unspecified atom stereocenters. The Bertz CT molecular complexity index is 518. The smallest absolute Gasteiger partial charge is 0.243 e. The summed E-state index contributed by atoms with van der Waals surface area (Å²) in [7, 11) is -3.46. The minimum Gasteiger partial charge on any atom is -0.329 e. The largest absolute Gasteiger partial charge is 0.329 e. The topological polar surface area (TPSA) is 90.0 Å². The zero-order valence-electron chi connectivity index (χ0n) is 11.3. The molecular weight excluding hydrogens is 264 g/mol. The molecule has 0 bridgehead atoms. The molecule has 6 nitrogen and oxygen atoms in total. The van der Waals surface area contributed by atoms with Crippen molar-refractivity contribution in [2.24, 2.45) is 11.1 Å². The van der Waals surface area contributed by atoms with Crippen LogP contribution in [0.3, 0.4) is 0 Å². The lowest BCUT2D eigenvalue weighted by atomic mass is 9.89. The lowest BCUT2D eigenvalue weighted by Crippen LogP contribution is -2.34. The molecule has 0 aromatic carbocycles. The van der Waals surface area contributed by atoms with E-state index >= 15 is 0 Å². The van der Waals surface area contributed by atoms with Gasteiger partial charge in [0.1, 0.15) is 4.90 Å². The van der Waals surface area contributed by atoms with E-state index in [-0.39, 0.29) is 10.3 Å². The number of nitrogens with zero attached hydrogens (tertiary/aromatic N) is 2. The highest BCUT2D eigenvalue weighted by atomic mass is 32.2. The van der Waals surface area contributed by atoms with E-state index in [2.05, 4.69) is 16.7 Å². The number of rotatable bonds is 6. The Morgan fingerprint density at radius 3 is 2.79 bits per heavy atom. The summed E-state index contributed by atoms with van der Waals surface area (Å²) in [6.07, 6.45) is 7.43. The maximum absolute atomic E-state index is 12.2. The van der Waals surface area contributed by atoms with Gasteiger partial charge in [0.15, 0.2) is 0 Å². The third-order valence-electron chi connectivity index (χ3n) is 3.78. The number of hydrogen-bond donors (Lipinski definition) is 2. The van der Waals surface area contributed by atoms with Crippen molar-refractivity contribution in [3.8, 4) is 0 Å². The Hall–Kier alpha value is -0.920. The van der Waals surface area contributed by atoms with Crippen molar-refractivity contribution in [3.05, 3.63) is 12.4 Å². The summed E-state index contributed by atoms with van der Waals surface area (Å²) < 4.78 is 28.6. The average molecular weight is 286 g/mol. The van der Waals surface area contributed by atoms with Crippen molar-refractivity contribution in [1.82, 2.24) is 14.5 Å². The van der Waals surface area contributed by atoms with Crippen LogP contribution in [0, 0.1) is 5.41 Å². The Morgan fingerprint density at radius 1 is 1.47 bits per heavy atom. The lowest BCUT2D eigenvalue weighted by molar-refractivity contribution is 0.336. The Kier molecular flexibility index (Phi) is 4.27. The maximum Gasteiger partial charge on any atom is 0.243 e. The number of hydrogen-bond acceptors (Lipinski definition) is 4. The molecular formula is C12H22N4O2S. The molecule has 108 valence electrons. The maximum atomic E-state index is 12.2. The fourth-order valence-electron chi connectivity index (χ4n) is 2.50. The number of sulfonamides is 1. The van der Waals surface area contributed by atoms with Crippen LogP contribution in [0.2, 0.25) is 0 Å². The minimum atomic E-state index is -3.46. The normalized spacial score (nSPS) is 18.8. The molecule has 0 atom stereocenters. The van der Waals surface area contributed by atoms with E-state index in [9.17, 15) is 8.42 Å². The summed E-state index contributed by atoms with van der Waals surface area (Å²) in [5.74, 6) is 0. The van der Waals surface area contributed by atoms with E-state index in [0.29, 0.717) is 19.6 Å². The van der Waals surface area contributed by atoms with Gasteiger partial charge in [-0.1, -0.05) is 19.8 Å². The van der Waals surface area contributed by atoms with Crippen LogP contribution in [0.25, 0.3) is 0 Å². The van der Waals surface area contributed by atoms with Gasteiger partial charge >= 0.3 is 0 Å². The summed E-state index contributed by atoms with van der Waals surface area (Å²) in [5, 5.41) is 3.99. The molecule has 19 heavy (non-hydrogen) atoms. The zero-order chi connectivity index (χ0) is 13.9. The van der Waals surface area contributed by atoms with Crippen LogP contribution in [-0.2, 0) is 16.6 Å². The van der Waals surface area contributed by atoms with Gasteiger partial charge in [0.2, 0.25) is 10.0 Å². The molecule has 2 rings (SSSR count). The Balaban J connectivity index is 2.01. The molecule has 0 amide bonds. The highest BCUT2D eigenvalue weighted by molar-refractivity contribution is 7.89. The molecule has 0 radical (unpaired) electrons. The second-order valence-electron chi connectivity index (χ2n) is 5.57. The second kappa shape index (κ2) is 5.60. The van der Waals surface area contributed by atoms with Crippen LogP contribution in [0.1, 0.15) is 32.6 Å². The van der Waals surface area contributed by atoms with Gasteiger partial charge in [0.25, 0.3) is 0 Å². The van der Waals surface area contributed by atoms with Gasteiger partial charge < -0.3 is 5.73 Å². The zero-order valence-corrected chi connectivity index (χ0v) is 12.1. The molecule has 1 fully saturated rings. The molecule has 7 heteroatoms. The molecule has 1 aliphatic carbocycles. The summed E-state index contributed by atoms with van der Waals surface area (Å²) in [4.78, 5) is 0.211. The predicted octanol–water partition coefficient (Wildman–Crippen LogP) is 0.700. The highest BCUT2D eigenvalue weighted by Gasteiger charge is 2.30. The van der Waals surface area contributed by atoms with Crippen LogP contribution in [0.15, 0.2) is 17.3 Å². The Morgan fingerprint density at radius 2 is 2.16 bits per heavy atom. The van der Waals surface area contributed by atoms with Gasteiger partial charge in [-0.25, -0.2) is 13.1 Å². The number of aromatic nitrogens is 2. The third kappa shape index (κ3) is 3.55. The van der Waals surface area contributed by atoms with Gasteiger partial charge in [-0.15, -0.1) is 0 Å². The number of nitrogens with two attached hydrogens (primary N) is 1. The quantitative estimate of drug-likeness (QED) is 0.805. The molecule has 0 spiro atoms. The van der Waals surface area contributed by atoms with Crippen molar-refractivity contribution in [2.45, 2.75) is 44.0 Å². The standard InChI is InChI=1S/C12H22N4O2S/c1-12(4-2-3-5-12)10-15-19(17,18)11-8-14-16(9-11)7-6-13/h8-9,15H,2-7,10,13H2,1H3. The van der Waals surface area contributed by atoms with E-state index in [0.717, 1.165) is 12.8 Å². The fraction of sp³-hybridized carbons (Fsp3) is 0.750. The van der Waals surface area contributed by atoms with Crippen LogP contribution < -0.4 is 10.5 Å². The SMILES string of the molecule is CC1(CNS(=O)(=O)c2cnn(CCN)c2)CCCC1. The van der Waals surface area contributed by atoms with E-state index in [4.69, 9.17) is 5.73 Å². The molecule has 1 aromatic rings. The first-order chi connectivity index (χ1) is 8.95. The van der Waals surface area contributed by atoms with Gasteiger partial charge in [-0.3, -0.25) is 4.68 Å². The molecule has 1 aromatic heterocycles. The highest BCUT2D eigenvalue weighted by Crippen LogP contribution is 2.36. The number of nitrogens with one attached hydrogen (secondary N) is 1. The monoisotopic (exact) mass is 286 g/mol. The second-order valence-corrected chi connectivity index (χ2v) is 7.34. The molecule has 1 aliphatic rings. The first-order valence-corrected chi connectivity index (χ1v) is 8.16. The van der Waals surface area contributed by atoms with Crippen LogP contribution >= 0.6 is 0 Å². The van der Waals surface area contributed by atoms with Gasteiger partial charge in [0.05, 0.1) is 12.7 Å². The fourth-order valence-corrected chi connectivity index (χ4v) is 3.65. The van der Waals surface area contributed by atoms with Crippen LogP contribution in [0.5, 0.6) is 0 Å². The third-order valence-corrected chi connectivity index (χ3v) is 5.13. The molecule has 0 aliphatic heterocycles. The van der Waals surface area contributed by atoms with E-state index in [1.807, 2.05) is 0 Å². The molecule has 1 heterocycles. The molecule has 3 N–H and O–H groups in total. The van der Waals surface area contributed by atoms with Crippen molar-refractivity contribution >= 4 is 10.0 Å². The van der Waals surface area contributed by atoms with Crippen molar-refractivity contribution in [3.63, 3.8) is 0 Å². The van der Waals surface area contributed by atoms with Crippen molar-refractivity contribution in [2.75, 3.05) is 13.1 Å². The first kappa shape index (κ1) is 14.5. The predicted molar refractivity (Wildman–Crippen MR) is 73.0 cm³/mol.